The van der Waals surface area contributed by atoms with Crippen molar-refractivity contribution in [2.45, 2.75) is 5.75 Å². The van der Waals surface area contributed by atoms with Crippen molar-refractivity contribution >= 4 is 27.1 Å². The molecule has 0 amide bonds. The molecule has 1 rings (SSSR count). The van der Waals surface area contributed by atoms with Crippen molar-refractivity contribution in [2.75, 3.05) is 18.1 Å². The minimum absolute atomic E-state index is 0.197. The van der Waals surface area contributed by atoms with E-state index in [9.17, 15) is 8.42 Å². The van der Waals surface area contributed by atoms with E-state index in [1.807, 2.05) is 0 Å². The van der Waals surface area contributed by atoms with Gasteiger partial charge >= 0.3 is 0 Å². The first-order chi connectivity index (χ1) is 6.94. The number of anilines is 1. The maximum absolute atomic E-state index is 11.4. The van der Waals surface area contributed by atoms with Crippen molar-refractivity contribution in [2.24, 2.45) is 0 Å². The van der Waals surface area contributed by atoms with Gasteiger partial charge in [0.2, 0.25) is 0 Å². The Bertz CT molecular complexity index is 445. The predicted octanol–water partition coefficient (Wildman–Crippen LogP) is 0.829. The Labute approximate surface area is 93.6 Å². The highest BCUT2D eigenvalue weighted by molar-refractivity contribution is 7.90. The number of rotatable bonds is 4. The quantitative estimate of drug-likeness (QED) is 0.775. The molecule has 0 aliphatic heterocycles. The smallest absolute Gasteiger partial charge is 0.156 e. The first-order valence-corrected chi connectivity index (χ1v) is 6.50. The van der Waals surface area contributed by atoms with Crippen LogP contribution in [0.4, 0.5) is 5.69 Å². The zero-order valence-corrected chi connectivity index (χ0v) is 9.55. The molecule has 1 aromatic carbocycles. The summed E-state index contributed by atoms with van der Waals surface area (Å²) in [6, 6.07) is 4.68. The first kappa shape index (κ1) is 12.3. The van der Waals surface area contributed by atoms with Gasteiger partial charge in [-0.05, 0) is 23.8 Å². The van der Waals surface area contributed by atoms with Gasteiger partial charge in [0, 0.05) is 10.7 Å². The maximum atomic E-state index is 11.4. The summed E-state index contributed by atoms with van der Waals surface area (Å²) >= 11 is 5.82. The molecule has 0 spiro atoms. The highest BCUT2D eigenvalue weighted by atomic mass is 35.5. The number of benzene rings is 1. The van der Waals surface area contributed by atoms with Crippen LogP contribution in [0.15, 0.2) is 18.2 Å². The maximum Gasteiger partial charge on any atom is 0.156 e. The van der Waals surface area contributed by atoms with Crippen LogP contribution in [0.2, 0.25) is 5.02 Å². The summed E-state index contributed by atoms with van der Waals surface area (Å²) in [4.78, 5) is 0. The Morgan fingerprint density at radius 2 is 2.07 bits per heavy atom. The molecule has 4 nitrogen and oxygen atoms in total. The van der Waals surface area contributed by atoms with Crippen LogP contribution in [0.3, 0.4) is 0 Å². The van der Waals surface area contributed by atoms with Crippen molar-refractivity contribution in [1.29, 1.82) is 0 Å². The average molecular weight is 250 g/mol. The number of halogens is 1. The molecule has 0 saturated carbocycles. The SMILES string of the molecule is Nc1ccc(Cl)c(CS(=O)(=O)CCO)c1. The Balaban J connectivity index is 2.94. The second-order valence-electron chi connectivity index (χ2n) is 3.17. The summed E-state index contributed by atoms with van der Waals surface area (Å²) in [5.74, 6) is -0.463. The standard InChI is InChI=1S/C9H12ClNO3S/c10-9-2-1-8(11)5-7(9)6-15(13,14)4-3-12/h1-2,5,12H,3-4,6,11H2. The summed E-state index contributed by atoms with van der Waals surface area (Å²) in [7, 11) is -3.31. The Morgan fingerprint density at radius 1 is 1.40 bits per heavy atom. The van der Waals surface area contributed by atoms with Gasteiger partial charge < -0.3 is 10.8 Å². The van der Waals surface area contributed by atoms with Crippen molar-refractivity contribution < 1.29 is 13.5 Å². The van der Waals surface area contributed by atoms with Gasteiger partial charge in [-0.1, -0.05) is 11.6 Å². The lowest BCUT2D eigenvalue weighted by atomic mass is 10.2. The lowest BCUT2D eigenvalue weighted by Gasteiger charge is -2.05. The van der Waals surface area contributed by atoms with E-state index < -0.39 is 9.84 Å². The van der Waals surface area contributed by atoms with Gasteiger partial charge in [-0.2, -0.15) is 0 Å². The third-order valence-corrected chi connectivity index (χ3v) is 3.77. The van der Waals surface area contributed by atoms with E-state index in [0.29, 0.717) is 16.3 Å². The van der Waals surface area contributed by atoms with Crippen LogP contribution in [-0.2, 0) is 15.6 Å². The van der Waals surface area contributed by atoms with Gasteiger partial charge in [0.05, 0.1) is 18.1 Å². The molecule has 84 valence electrons. The normalized spacial score (nSPS) is 11.6. The number of nitrogen functional groups attached to an aromatic ring is 1. The monoisotopic (exact) mass is 249 g/mol. The van der Waals surface area contributed by atoms with E-state index in [1.165, 1.54) is 6.07 Å². The van der Waals surface area contributed by atoms with Gasteiger partial charge in [0.15, 0.2) is 9.84 Å². The molecule has 0 radical (unpaired) electrons. The van der Waals surface area contributed by atoms with E-state index in [4.69, 9.17) is 22.4 Å². The van der Waals surface area contributed by atoms with Crippen molar-refractivity contribution in [3.05, 3.63) is 28.8 Å². The van der Waals surface area contributed by atoms with Gasteiger partial charge in [-0.25, -0.2) is 8.42 Å². The summed E-state index contributed by atoms with van der Waals surface area (Å²) in [5, 5.41) is 8.93. The van der Waals surface area contributed by atoms with E-state index >= 15 is 0 Å². The summed E-state index contributed by atoms with van der Waals surface area (Å²) in [6.45, 7) is -0.387. The second-order valence-corrected chi connectivity index (χ2v) is 5.76. The van der Waals surface area contributed by atoms with Crippen LogP contribution in [0.25, 0.3) is 0 Å². The van der Waals surface area contributed by atoms with Crippen molar-refractivity contribution in [1.82, 2.24) is 0 Å². The molecule has 0 saturated heterocycles. The molecule has 0 aromatic heterocycles. The zero-order chi connectivity index (χ0) is 11.5. The Hall–Kier alpha value is -0.780. The van der Waals surface area contributed by atoms with Crippen LogP contribution >= 0.6 is 11.6 Å². The minimum Gasteiger partial charge on any atom is -0.399 e. The number of hydrogen-bond acceptors (Lipinski definition) is 4. The third-order valence-electron chi connectivity index (χ3n) is 1.85. The highest BCUT2D eigenvalue weighted by Crippen LogP contribution is 2.21. The van der Waals surface area contributed by atoms with Crippen LogP contribution in [-0.4, -0.2) is 25.9 Å². The Morgan fingerprint density at radius 3 is 2.67 bits per heavy atom. The lowest BCUT2D eigenvalue weighted by molar-refractivity contribution is 0.319. The minimum atomic E-state index is -3.31. The van der Waals surface area contributed by atoms with E-state index in [-0.39, 0.29) is 18.1 Å². The van der Waals surface area contributed by atoms with Gasteiger partial charge in [-0.15, -0.1) is 0 Å². The van der Waals surface area contributed by atoms with Gasteiger partial charge in [0.1, 0.15) is 0 Å². The van der Waals surface area contributed by atoms with Crippen molar-refractivity contribution in [3.8, 4) is 0 Å². The molecule has 0 unspecified atom stereocenters. The zero-order valence-electron chi connectivity index (χ0n) is 7.98. The second kappa shape index (κ2) is 4.83. The molecule has 1 aromatic rings. The fourth-order valence-corrected chi connectivity index (χ4v) is 2.55. The van der Waals surface area contributed by atoms with Crippen LogP contribution in [0, 0.1) is 0 Å². The molecule has 0 atom stereocenters. The van der Waals surface area contributed by atoms with Crippen molar-refractivity contribution in [3.63, 3.8) is 0 Å². The van der Waals surface area contributed by atoms with E-state index in [0.717, 1.165) is 0 Å². The topological polar surface area (TPSA) is 80.4 Å². The molecular formula is C9H12ClNO3S. The molecule has 3 N–H and O–H groups in total. The number of hydrogen-bond donors (Lipinski definition) is 2. The number of aliphatic hydroxyl groups excluding tert-OH is 1. The average Bonchev–Trinajstić information content (AvgIpc) is 2.10. The summed E-state index contributed by atoms with van der Waals surface area (Å²) in [6.07, 6.45) is 0. The van der Waals surface area contributed by atoms with Crippen LogP contribution in [0.5, 0.6) is 0 Å². The molecule has 15 heavy (non-hydrogen) atoms. The summed E-state index contributed by atoms with van der Waals surface area (Å²) in [5.41, 5.74) is 6.45. The molecular weight excluding hydrogens is 238 g/mol. The number of sulfone groups is 1. The number of nitrogens with two attached hydrogens (primary N) is 1. The fourth-order valence-electron chi connectivity index (χ4n) is 1.15. The van der Waals surface area contributed by atoms with E-state index in [2.05, 4.69) is 0 Å². The molecule has 0 bridgehead atoms. The number of aliphatic hydroxyl groups is 1. The van der Waals surface area contributed by atoms with Crippen LogP contribution in [0.1, 0.15) is 5.56 Å². The molecule has 0 aliphatic rings. The summed E-state index contributed by atoms with van der Waals surface area (Å²) < 4.78 is 22.8. The van der Waals surface area contributed by atoms with Crippen LogP contribution < -0.4 is 5.73 Å². The molecule has 0 heterocycles. The van der Waals surface area contributed by atoms with Gasteiger partial charge in [-0.3, -0.25) is 0 Å². The lowest BCUT2D eigenvalue weighted by Crippen LogP contribution is -2.12. The molecule has 0 fully saturated rings. The van der Waals surface area contributed by atoms with Gasteiger partial charge in [0.25, 0.3) is 0 Å². The highest BCUT2D eigenvalue weighted by Gasteiger charge is 2.13. The first-order valence-electron chi connectivity index (χ1n) is 4.30. The Kier molecular flexibility index (Phi) is 3.96. The molecule has 0 aliphatic carbocycles. The third kappa shape index (κ3) is 3.70. The molecule has 6 heteroatoms. The van der Waals surface area contributed by atoms with E-state index in [1.54, 1.807) is 12.1 Å². The largest absolute Gasteiger partial charge is 0.399 e. The predicted molar refractivity (Wildman–Crippen MR) is 60.4 cm³/mol. The fraction of sp³-hybridized carbons (Fsp3) is 0.333.